The van der Waals surface area contributed by atoms with E-state index in [2.05, 4.69) is 57.5 Å². The first-order chi connectivity index (χ1) is 9.65. The predicted molar refractivity (Wildman–Crippen MR) is 87.2 cm³/mol. The van der Waals surface area contributed by atoms with Gasteiger partial charge in [0.15, 0.2) is 0 Å². The SMILES string of the molecule is CCCc1nccn1-c1ccc(Br)cc1CC(N)CC. The fourth-order valence-corrected chi connectivity index (χ4v) is 2.75. The smallest absolute Gasteiger partial charge is 0.113 e. The van der Waals surface area contributed by atoms with Gasteiger partial charge >= 0.3 is 0 Å². The van der Waals surface area contributed by atoms with Gasteiger partial charge in [-0.15, -0.1) is 0 Å². The Morgan fingerprint density at radius 2 is 2.15 bits per heavy atom. The topological polar surface area (TPSA) is 43.8 Å². The van der Waals surface area contributed by atoms with Crippen LogP contribution < -0.4 is 5.73 Å². The Labute approximate surface area is 129 Å². The minimum Gasteiger partial charge on any atom is -0.327 e. The molecule has 0 amide bonds. The van der Waals surface area contributed by atoms with Crippen LogP contribution in [0.15, 0.2) is 35.1 Å². The summed E-state index contributed by atoms with van der Waals surface area (Å²) in [4.78, 5) is 4.47. The van der Waals surface area contributed by atoms with Gasteiger partial charge in [-0.1, -0.05) is 29.8 Å². The molecular weight excluding hydrogens is 314 g/mol. The van der Waals surface area contributed by atoms with Gasteiger partial charge in [-0.2, -0.15) is 0 Å². The van der Waals surface area contributed by atoms with Crippen molar-refractivity contribution >= 4 is 15.9 Å². The minimum absolute atomic E-state index is 0.196. The summed E-state index contributed by atoms with van der Waals surface area (Å²) in [5, 5.41) is 0. The second-order valence-corrected chi connectivity index (χ2v) is 6.02. The standard InChI is InChI=1S/C16H22BrN3/c1-3-5-16-19-8-9-20(16)15-7-6-13(17)10-12(15)11-14(18)4-2/h6-10,14H,3-5,11,18H2,1-2H3. The van der Waals surface area contributed by atoms with Crippen molar-refractivity contribution < 1.29 is 0 Å². The molecule has 2 aromatic rings. The van der Waals surface area contributed by atoms with E-state index in [1.165, 1.54) is 11.3 Å². The van der Waals surface area contributed by atoms with Crippen LogP contribution >= 0.6 is 15.9 Å². The molecular formula is C16H22BrN3. The highest BCUT2D eigenvalue weighted by Gasteiger charge is 2.11. The van der Waals surface area contributed by atoms with E-state index in [0.717, 1.165) is 36.0 Å². The van der Waals surface area contributed by atoms with Crippen LogP contribution in [0.5, 0.6) is 0 Å². The number of aryl methyl sites for hydroxylation is 1. The van der Waals surface area contributed by atoms with Crippen LogP contribution in [-0.4, -0.2) is 15.6 Å². The summed E-state index contributed by atoms with van der Waals surface area (Å²) in [7, 11) is 0. The molecule has 3 nitrogen and oxygen atoms in total. The Hall–Kier alpha value is -1.13. The van der Waals surface area contributed by atoms with E-state index in [9.17, 15) is 0 Å². The Kier molecular flexibility index (Phi) is 5.38. The number of benzene rings is 1. The molecule has 0 saturated carbocycles. The van der Waals surface area contributed by atoms with Crippen molar-refractivity contribution in [3.05, 3.63) is 46.5 Å². The van der Waals surface area contributed by atoms with E-state index in [-0.39, 0.29) is 6.04 Å². The maximum atomic E-state index is 6.13. The molecule has 0 aliphatic carbocycles. The molecule has 4 heteroatoms. The van der Waals surface area contributed by atoms with Gasteiger partial charge in [0, 0.05) is 29.3 Å². The van der Waals surface area contributed by atoms with Crippen molar-refractivity contribution in [1.29, 1.82) is 0 Å². The lowest BCUT2D eigenvalue weighted by Gasteiger charge is -2.16. The van der Waals surface area contributed by atoms with Crippen molar-refractivity contribution in [2.24, 2.45) is 5.73 Å². The summed E-state index contributed by atoms with van der Waals surface area (Å²) in [6, 6.07) is 6.58. The molecule has 0 aliphatic rings. The fourth-order valence-electron chi connectivity index (χ4n) is 2.34. The number of nitrogens with two attached hydrogens (primary N) is 1. The van der Waals surface area contributed by atoms with E-state index >= 15 is 0 Å². The number of hydrogen-bond acceptors (Lipinski definition) is 2. The first-order valence-corrected chi connectivity index (χ1v) is 8.01. The first kappa shape index (κ1) is 15.3. The zero-order valence-corrected chi connectivity index (χ0v) is 13.7. The van der Waals surface area contributed by atoms with Crippen LogP contribution in [0.25, 0.3) is 5.69 Å². The maximum Gasteiger partial charge on any atom is 0.113 e. The Morgan fingerprint density at radius 1 is 1.35 bits per heavy atom. The summed E-state index contributed by atoms with van der Waals surface area (Å²) < 4.78 is 3.28. The fraction of sp³-hybridized carbons (Fsp3) is 0.438. The van der Waals surface area contributed by atoms with Crippen LogP contribution in [0.3, 0.4) is 0 Å². The number of rotatable bonds is 6. The van der Waals surface area contributed by atoms with Gasteiger partial charge in [-0.05, 0) is 43.0 Å². The molecule has 0 aliphatic heterocycles. The summed E-state index contributed by atoms with van der Waals surface area (Å²) in [6.45, 7) is 4.30. The molecule has 0 saturated heterocycles. The molecule has 1 unspecified atom stereocenters. The van der Waals surface area contributed by atoms with E-state index in [4.69, 9.17) is 5.73 Å². The highest BCUT2D eigenvalue weighted by molar-refractivity contribution is 9.10. The lowest BCUT2D eigenvalue weighted by molar-refractivity contribution is 0.643. The van der Waals surface area contributed by atoms with Crippen molar-refractivity contribution in [2.75, 3.05) is 0 Å². The number of imidazole rings is 1. The Morgan fingerprint density at radius 3 is 2.85 bits per heavy atom. The van der Waals surface area contributed by atoms with Gasteiger partial charge < -0.3 is 10.3 Å². The number of nitrogens with zero attached hydrogens (tertiary/aromatic N) is 2. The molecule has 20 heavy (non-hydrogen) atoms. The average molecular weight is 336 g/mol. The average Bonchev–Trinajstić information content (AvgIpc) is 2.87. The normalized spacial score (nSPS) is 12.6. The maximum absolute atomic E-state index is 6.13. The largest absolute Gasteiger partial charge is 0.327 e. The number of hydrogen-bond donors (Lipinski definition) is 1. The van der Waals surface area contributed by atoms with Crippen LogP contribution in [0.1, 0.15) is 38.1 Å². The van der Waals surface area contributed by atoms with Gasteiger partial charge in [0.1, 0.15) is 5.82 Å². The van der Waals surface area contributed by atoms with Gasteiger partial charge in [0.05, 0.1) is 5.69 Å². The zero-order valence-electron chi connectivity index (χ0n) is 12.1. The summed E-state index contributed by atoms with van der Waals surface area (Å²) >= 11 is 3.56. The number of halogens is 1. The van der Waals surface area contributed by atoms with Crippen molar-refractivity contribution in [3.63, 3.8) is 0 Å². The van der Waals surface area contributed by atoms with Gasteiger partial charge in [-0.25, -0.2) is 4.98 Å². The summed E-state index contributed by atoms with van der Waals surface area (Å²) in [6.07, 6.45) is 7.86. The quantitative estimate of drug-likeness (QED) is 0.870. The highest BCUT2D eigenvalue weighted by Crippen LogP contribution is 2.23. The van der Waals surface area contributed by atoms with Crippen LogP contribution in [-0.2, 0) is 12.8 Å². The third-order valence-corrected chi connectivity index (χ3v) is 3.99. The molecule has 2 N–H and O–H groups in total. The number of aromatic nitrogens is 2. The highest BCUT2D eigenvalue weighted by atomic mass is 79.9. The monoisotopic (exact) mass is 335 g/mol. The van der Waals surface area contributed by atoms with Crippen LogP contribution in [0.2, 0.25) is 0 Å². The lowest BCUT2D eigenvalue weighted by atomic mass is 10.0. The lowest BCUT2D eigenvalue weighted by Crippen LogP contribution is -2.22. The third kappa shape index (κ3) is 3.49. The second-order valence-electron chi connectivity index (χ2n) is 5.11. The molecule has 1 aromatic carbocycles. The third-order valence-electron chi connectivity index (χ3n) is 3.50. The molecule has 1 atom stereocenters. The summed E-state index contributed by atoms with van der Waals surface area (Å²) in [5.41, 5.74) is 8.59. The predicted octanol–water partition coefficient (Wildman–Crippen LogP) is 3.87. The molecule has 0 spiro atoms. The van der Waals surface area contributed by atoms with Crippen molar-refractivity contribution in [3.8, 4) is 5.69 Å². The van der Waals surface area contributed by atoms with E-state index in [1.807, 2.05) is 12.4 Å². The van der Waals surface area contributed by atoms with Gasteiger partial charge in [0.25, 0.3) is 0 Å². The molecule has 0 bridgehead atoms. The van der Waals surface area contributed by atoms with Crippen LogP contribution in [0.4, 0.5) is 0 Å². The van der Waals surface area contributed by atoms with Crippen LogP contribution in [0, 0.1) is 0 Å². The van der Waals surface area contributed by atoms with Gasteiger partial charge in [0.2, 0.25) is 0 Å². The molecule has 1 heterocycles. The molecule has 0 fully saturated rings. The van der Waals surface area contributed by atoms with Crippen molar-refractivity contribution in [1.82, 2.24) is 9.55 Å². The Balaban J connectivity index is 2.42. The second kappa shape index (κ2) is 7.04. The van der Waals surface area contributed by atoms with Gasteiger partial charge in [-0.3, -0.25) is 0 Å². The molecule has 108 valence electrons. The Bertz CT molecular complexity index is 563. The van der Waals surface area contributed by atoms with Crippen molar-refractivity contribution in [2.45, 2.75) is 45.6 Å². The summed E-state index contributed by atoms with van der Waals surface area (Å²) in [5.74, 6) is 1.11. The van der Waals surface area contributed by atoms with E-state index < -0.39 is 0 Å². The molecule has 1 aromatic heterocycles. The first-order valence-electron chi connectivity index (χ1n) is 7.22. The minimum atomic E-state index is 0.196. The zero-order chi connectivity index (χ0) is 14.5. The van der Waals surface area contributed by atoms with E-state index in [0.29, 0.717) is 0 Å². The molecule has 0 radical (unpaired) electrons. The van der Waals surface area contributed by atoms with E-state index in [1.54, 1.807) is 0 Å². The molecule has 2 rings (SSSR count).